The third kappa shape index (κ3) is 3.33. The van der Waals surface area contributed by atoms with Crippen molar-refractivity contribution in [2.45, 2.75) is 51.9 Å². The molecule has 0 spiro atoms. The van der Waals surface area contributed by atoms with Gasteiger partial charge in [0.25, 0.3) is 5.89 Å². The lowest BCUT2D eigenvalue weighted by Crippen LogP contribution is -2.21. The standard InChI is InChI=1S/C14H22N6O2/c1-10(2)20-9-15-17-13(20)8-19(3)7-12-16-14(22-18-12)11-5-4-6-21-11/h9-11H,4-8H2,1-3H3. The number of ether oxygens (including phenoxy) is 1. The van der Waals surface area contributed by atoms with Gasteiger partial charge < -0.3 is 13.8 Å². The van der Waals surface area contributed by atoms with Gasteiger partial charge in [-0.3, -0.25) is 4.90 Å². The molecule has 0 radical (unpaired) electrons. The fourth-order valence-corrected chi connectivity index (χ4v) is 2.58. The first kappa shape index (κ1) is 15.1. The van der Waals surface area contributed by atoms with Gasteiger partial charge in [-0.05, 0) is 33.7 Å². The lowest BCUT2D eigenvalue weighted by molar-refractivity contribution is 0.0835. The second kappa shape index (κ2) is 6.53. The van der Waals surface area contributed by atoms with Crippen LogP contribution in [-0.2, 0) is 17.8 Å². The molecule has 120 valence electrons. The van der Waals surface area contributed by atoms with Crippen LogP contribution in [0.4, 0.5) is 0 Å². The normalized spacial score (nSPS) is 18.7. The monoisotopic (exact) mass is 306 g/mol. The van der Waals surface area contributed by atoms with E-state index in [1.165, 1.54) is 0 Å². The molecule has 0 saturated carbocycles. The van der Waals surface area contributed by atoms with E-state index < -0.39 is 0 Å². The smallest absolute Gasteiger partial charge is 0.255 e. The van der Waals surface area contributed by atoms with E-state index in [-0.39, 0.29) is 6.10 Å². The number of aromatic nitrogens is 5. The van der Waals surface area contributed by atoms with E-state index in [9.17, 15) is 0 Å². The lowest BCUT2D eigenvalue weighted by Gasteiger charge is -2.16. The maximum absolute atomic E-state index is 5.55. The Morgan fingerprint density at radius 3 is 3.00 bits per heavy atom. The van der Waals surface area contributed by atoms with Crippen LogP contribution in [0.1, 0.15) is 56.4 Å². The Morgan fingerprint density at radius 1 is 1.41 bits per heavy atom. The topological polar surface area (TPSA) is 82.1 Å². The van der Waals surface area contributed by atoms with Crippen molar-refractivity contribution in [3.8, 4) is 0 Å². The summed E-state index contributed by atoms with van der Waals surface area (Å²) < 4.78 is 12.9. The summed E-state index contributed by atoms with van der Waals surface area (Å²) in [5, 5.41) is 12.2. The fraction of sp³-hybridized carbons (Fsp3) is 0.714. The molecule has 2 aromatic rings. The van der Waals surface area contributed by atoms with Crippen LogP contribution in [0.15, 0.2) is 10.9 Å². The molecule has 22 heavy (non-hydrogen) atoms. The van der Waals surface area contributed by atoms with Crippen molar-refractivity contribution in [1.29, 1.82) is 0 Å². The minimum Gasteiger partial charge on any atom is -0.368 e. The second-order valence-electron chi connectivity index (χ2n) is 5.97. The Hall–Kier alpha value is -1.80. The molecule has 3 rings (SSSR count). The Kier molecular flexibility index (Phi) is 4.49. The Morgan fingerprint density at radius 2 is 2.27 bits per heavy atom. The van der Waals surface area contributed by atoms with Crippen LogP contribution >= 0.6 is 0 Å². The van der Waals surface area contributed by atoms with Gasteiger partial charge in [-0.25, -0.2) is 0 Å². The molecule has 1 fully saturated rings. The molecule has 3 heterocycles. The van der Waals surface area contributed by atoms with E-state index in [1.54, 1.807) is 6.33 Å². The average molecular weight is 306 g/mol. The van der Waals surface area contributed by atoms with Crippen LogP contribution in [0.5, 0.6) is 0 Å². The molecule has 1 saturated heterocycles. The van der Waals surface area contributed by atoms with Crippen molar-refractivity contribution in [3.63, 3.8) is 0 Å². The number of nitrogens with zero attached hydrogens (tertiary/aromatic N) is 6. The van der Waals surface area contributed by atoms with Gasteiger partial charge in [0, 0.05) is 12.6 Å². The maximum atomic E-state index is 5.55. The molecular weight excluding hydrogens is 284 g/mol. The zero-order valence-corrected chi connectivity index (χ0v) is 13.3. The molecule has 0 bridgehead atoms. The summed E-state index contributed by atoms with van der Waals surface area (Å²) in [5.41, 5.74) is 0. The molecule has 1 aliphatic heterocycles. The van der Waals surface area contributed by atoms with Gasteiger partial charge in [0.2, 0.25) is 0 Å². The van der Waals surface area contributed by atoms with Crippen molar-refractivity contribution < 1.29 is 9.26 Å². The SMILES string of the molecule is CC(C)n1cnnc1CN(C)Cc1noc(C2CCCO2)n1. The molecule has 1 atom stereocenters. The lowest BCUT2D eigenvalue weighted by atomic mass is 10.2. The molecule has 8 heteroatoms. The van der Waals surface area contributed by atoms with Crippen LogP contribution < -0.4 is 0 Å². The Balaban J connectivity index is 1.59. The predicted molar refractivity (Wildman–Crippen MR) is 77.8 cm³/mol. The average Bonchev–Trinajstić information content (AvgIpc) is 3.18. The molecule has 0 aliphatic carbocycles. The van der Waals surface area contributed by atoms with E-state index in [0.717, 1.165) is 25.3 Å². The van der Waals surface area contributed by atoms with Gasteiger partial charge >= 0.3 is 0 Å². The van der Waals surface area contributed by atoms with Crippen molar-refractivity contribution in [2.24, 2.45) is 0 Å². The highest BCUT2D eigenvalue weighted by Gasteiger charge is 2.24. The number of rotatable bonds is 6. The van der Waals surface area contributed by atoms with Crippen LogP contribution in [0.3, 0.4) is 0 Å². The van der Waals surface area contributed by atoms with E-state index in [1.807, 2.05) is 7.05 Å². The molecule has 8 nitrogen and oxygen atoms in total. The maximum Gasteiger partial charge on any atom is 0.255 e. The second-order valence-corrected chi connectivity index (χ2v) is 5.97. The van der Waals surface area contributed by atoms with Gasteiger partial charge in [0.1, 0.15) is 18.3 Å². The van der Waals surface area contributed by atoms with Crippen molar-refractivity contribution >= 4 is 0 Å². The van der Waals surface area contributed by atoms with E-state index >= 15 is 0 Å². The highest BCUT2D eigenvalue weighted by atomic mass is 16.5. The first-order valence-electron chi connectivity index (χ1n) is 7.64. The minimum atomic E-state index is -0.0319. The van der Waals surface area contributed by atoms with E-state index in [0.29, 0.717) is 30.8 Å². The summed E-state index contributed by atoms with van der Waals surface area (Å²) in [7, 11) is 2.00. The van der Waals surface area contributed by atoms with Crippen LogP contribution in [-0.4, -0.2) is 43.5 Å². The molecule has 0 N–H and O–H groups in total. The number of hydrogen-bond acceptors (Lipinski definition) is 7. The van der Waals surface area contributed by atoms with Gasteiger partial charge in [-0.2, -0.15) is 4.98 Å². The number of hydrogen-bond donors (Lipinski definition) is 0. The molecular formula is C14H22N6O2. The molecule has 1 unspecified atom stereocenters. The summed E-state index contributed by atoms with van der Waals surface area (Å²) in [6.45, 7) is 6.27. The highest BCUT2D eigenvalue weighted by Crippen LogP contribution is 2.27. The van der Waals surface area contributed by atoms with E-state index in [2.05, 4.69) is 43.7 Å². The van der Waals surface area contributed by atoms with Gasteiger partial charge in [-0.15, -0.1) is 10.2 Å². The Bertz CT molecular complexity index is 602. The summed E-state index contributed by atoms with van der Waals surface area (Å²) in [6.07, 6.45) is 3.73. The zero-order valence-electron chi connectivity index (χ0n) is 13.3. The quantitative estimate of drug-likeness (QED) is 0.803. The third-order valence-electron chi connectivity index (χ3n) is 3.72. The van der Waals surface area contributed by atoms with Gasteiger partial charge in [0.15, 0.2) is 5.82 Å². The summed E-state index contributed by atoms with van der Waals surface area (Å²) in [5.74, 6) is 2.19. The summed E-state index contributed by atoms with van der Waals surface area (Å²) >= 11 is 0. The van der Waals surface area contributed by atoms with Crippen molar-refractivity contribution in [1.82, 2.24) is 29.8 Å². The van der Waals surface area contributed by atoms with Crippen molar-refractivity contribution in [3.05, 3.63) is 23.9 Å². The van der Waals surface area contributed by atoms with Gasteiger partial charge in [0.05, 0.1) is 13.1 Å². The van der Waals surface area contributed by atoms with Crippen molar-refractivity contribution in [2.75, 3.05) is 13.7 Å². The first-order valence-corrected chi connectivity index (χ1v) is 7.64. The van der Waals surface area contributed by atoms with E-state index in [4.69, 9.17) is 9.26 Å². The van der Waals surface area contributed by atoms with Gasteiger partial charge in [-0.1, -0.05) is 5.16 Å². The third-order valence-corrected chi connectivity index (χ3v) is 3.72. The zero-order chi connectivity index (χ0) is 15.5. The molecule has 0 aromatic carbocycles. The largest absolute Gasteiger partial charge is 0.368 e. The summed E-state index contributed by atoms with van der Waals surface area (Å²) in [6, 6.07) is 0.342. The molecule has 0 amide bonds. The van der Waals surface area contributed by atoms with Crippen LogP contribution in [0, 0.1) is 0 Å². The molecule has 1 aliphatic rings. The Labute approximate surface area is 129 Å². The fourth-order valence-electron chi connectivity index (χ4n) is 2.58. The molecule has 2 aromatic heterocycles. The van der Waals surface area contributed by atoms with Crippen LogP contribution in [0.25, 0.3) is 0 Å². The minimum absolute atomic E-state index is 0.0319. The van der Waals surface area contributed by atoms with Crippen LogP contribution in [0.2, 0.25) is 0 Å². The highest BCUT2D eigenvalue weighted by molar-refractivity contribution is 4.93. The summed E-state index contributed by atoms with van der Waals surface area (Å²) in [4.78, 5) is 6.52. The first-order chi connectivity index (χ1) is 10.6. The predicted octanol–water partition coefficient (Wildman–Crippen LogP) is 1.73.